The van der Waals surface area contributed by atoms with Crippen LogP contribution in [-0.2, 0) is 4.52 Å². The normalized spacial score (nSPS) is 52.5. The molecule has 2 heteroatoms. The van der Waals surface area contributed by atoms with E-state index in [1.807, 2.05) is 0 Å². The molecule has 1 nitrogen and oxygen atoms in total. The first-order valence-electron chi connectivity index (χ1n) is 5.39. The maximum Gasteiger partial charge on any atom is 0.0650 e. The largest absolute Gasteiger partial charge is 0.359 e. The molecule has 3 aliphatic rings. The molecule has 2 saturated carbocycles. The third-order valence-electron chi connectivity index (χ3n) is 4.22. The van der Waals surface area contributed by atoms with Gasteiger partial charge in [-0.05, 0) is 49.6 Å². The summed E-state index contributed by atoms with van der Waals surface area (Å²) < 4.78 is 5.84. The van der Waals surface area contributed by atoms with Crippen molar-refractivity contribution < 1.29 is 4.52 Å². The van der Waals surface area contributed by atoms with Crippen molar-refractivity contribution >= 4 is 8.81 Å². The first kappa shape index (κ1) is 8.44. The molecule has 0 heterocycles. The van der Waals surface area contributed by atoms with Crippen LogP contribution in [0.4, 0.5) is 0 Å². The van der Waals surface area contributed by atoms with Gasteiger partial charge in [0.05, 0.1) is 6.10 Å². The van der Waals surface area contributed by atoms with E-state index in [1.54, 1.807) is 0 Å². The minimum atomic E-state index is 0.609. The van der Waals surface area contributed by atoms with Gasteiger partial charge in [0, 0.05) is 8.81 Å². The number of fused-ring (bicyclic) bond motifs is 5. The van der Waals surface area contributed by atoms with Gasteiger partial charge < -0.3 is 4.52 Å². The second-order valence-electron chi connectivity index (χ2n) is 4.66. The van der Waals surface area contributed by atoms with Gasteiger partial charge in [0.15, 0.2) is 0 Å². The summed E-state index contributed by atoms with van der Waals surface area (Å²) in [4.78, 5) is 0. The monoisotopic (exact) mass is 196 g/mol. The molecule has 0 radical (unpaired) electrons. The highest BCUT2D eigenvalue weighted by Crippen LogP contribution is 2.57. The van der Waals surface area contributed by atoms with Crippen molar-refractivity contribution in [2.45, 2.75) is 25.4 Å². The van der Waals surface area contributed by atoms with Crippen molar-refractivity contribution in [3.05, 3.63) is 12.2 Å². The Morgan fingerprint density at radius 3 is 3.08 bits per heavy atom. The number of hydrogen-bond acceptors (Lipinski definition) is 1. The lowest BCUT2D eigenvalue weighted by Crippen LogP contribution is -2.28. The zero-order chi connectivity index (χ0) is 8.84. The summed E-state index contributed by atoms with van der Waals surface area (Å²) in [5.41, 5.74) is 0. The quantitative estimate of drug-likeness (QED) is 0.487. The van der Waals surface area contributed by atoms with E-state index in [4.69, 9.17) is 4.52 Å². The molecule has 72 valence electrons. The van der Waals surface area contributed by atoms with Gasteiger partial charge in [0.1, 0.15) is 0 Å². The van der Waals surface area contributed by atoms with Crippen LogP contribution in [0.3, 0.4) is 0 Å². The van der Waals surface area contributed by atoms with Gasteiger partial charge in [0.25, 0.3) is 0 Å². The highest BCUT2D eigenvalue weighted by molar-refractivity contribution is 7.31. The van der Waals surface area contributed by atoms with E-state index in [9.17, 15) is 0 Å². The Labute approximate surface area is 81.8 Å². The van der Waals surface area contributed by atoms with E-state index in [2.05, 4.69) is 18.8 Å². The van der Waals surface area contributed by atoms with Gasteiger partial charge in [-0.25, -0.2) is 0 Å². The van der Waals surface area contributed by atoms with Gasteiger partial charge in [-0.3, -0.25) is 0 Å². The van der Waals surface area contributed by atoms with Gasteiger partial charge >= 0.3 is 0 Å². The van der Waals surface area contributed by atoms with E-state index in [-0.39, 0.29) is 0 Å². The number of rotatable bonds is 2. The molecular weight excluding hydrogens is 179 g/mol. The van der Waals surface area contributed by atoms with Crippen LogP contribution in [0.2, 0.25) is 0 Å². The van der Waals surface area contributed by atoms with Gasteiger partial charge in [-0.2, -0.15) is 0 Å². The molecule has 6 atom stereocenters. The Morgan fingerprint density at radius 1 is 1.31 bits per heavy atom. The Morgan fingerprint density at radius 2 is 2.23 bits per heavy atom. The third kappa shape index (κ3) is 1.13. The zero-order valence-electron chi connectivity index (χ0n) is 8.07. The molecule has 0 spiro atoms. The van der Waals surface area contributed by atoms with E-state index >= 15 is 0 Å². The second kappa shape index (κ2) is 3.07. The average Bonchev–Trinajstić information content (AvgIpc) is 2.72. The minimum absolute atomic E-state index is 0.609. The van der Waals surface area contributed by atoms with Crippen LogP contribution in [0.25, 0.3) is 0 Å². The fraction of sp³-hybridized carbons (Fsp3) is 0.818. The standard InChI is InChI=1S/C11H17OP/c1-13-12-11-6-7-5-10(11)9-4-2-3-8(7)9/h2,4,7-11,13H,3,5-6H2,1H3. The van der Waals surface area contributed by atoms with Gasteiger partial charge in [-0.1, -0.05) is 12.2 Å². The van der Waals surface area contributed by atoms with Crippen LogP contribution in [-0.4, -0.2) is 12.8 Å². The van der Waals surface area contributed by atoms with E-state index in [1.165, 1.54) is 19.3 Å². The summed E-state index contributed by atoms with van der Waals surface area (Å²) in [5.74, 6) is 3.76. The lowest BCUT2D eigenvalue weighted by Gasteiger charge is -2.30. The molecule has 0 aromatic carbocycles. The van der Waals surface area contributed by atoms with Crippen molar-refractivity contribution in [1.29, 1.82) is 0 Å². The highest BCUT2D eigenvalue weighted by atomic mass is 31.1. The molecule has 0 aromatic rings. The maximum atomic E-state index is 5.84. The van der Waals surface area contributed by atoms with Crippen LogP contribution < -0.4 is 0 Å². The molecule has 0 amide bonds. The molecule has 0 aromatic heterocycles. The Kier molecular flexibility index (Phi) is 1.99. The van der Waals surface area contributed by atoms with Crippen molar-refractivity contribution in [2.24, 2.45) is 23.7 Å². The average molecular weight is 196 g/mol. The molecule has 2 fully saturated rings. The van der Waals surface area contributed by atoms with E-state index < -0.39 is 0 Å². The Balaban J connectivity index is 1.77. The second-order valence-corrected chi connectivity index (χ2v) is 5.30. The molecule has 13 heavy (non-hydrogen) atoms. The van der Waals surface area contributed by atoms with Crippen LogP contribution in [0.15, 0.2) is 12.2 Å². The van der Waals surface area contributed by atoms with E-state index in [0.29, 0.717) is 14.9 Å². The number of allylic oxidation sites excluding steroid dienone is 2. The molecule has 0 saturated heterocycles. The first-order chi connectivity index (χ1) is 6.40. The zero-order valence-corrected chi connectivity index (χ0v) is 9.07. The highest BCUT2D eigenvalue weighted by Gasteiger charge is 2.52. The van der Waals surface area contributed by atoms with Crippen LogP contribution in [0.5, 0.6) is 0 Å². The summed E-state index contributed by atoms with van der Waals surface area (Å²) in [7, 11) is 0.681. The molecule has 0 aliphatic heterocycles. The summed E-state index contributed by atoms with van der Waals surface area (Å²) in [6, 6.07) is 0. The van der Waals surface area contributed by atoms with Crippen LogP contribution in [0.1, 0.15) is 19.3 Å². The summed E-state index contributed by atoms with van der Waals surface area (Å²) >= 11 is 0. The number of hydrogen-bond donors (Lipinski definition) is 0. The molecular formula is C11H17OP. The van der Waals surface area contributed by atoms with Crippen LogP contribution in [0, 0.1) is 23.7 Å². The van der Waals surface area contributed by atoms with Gasteiger partial charge in [0.2, 0.25) is 0 Å². The fourth-order valence-corrected chi connectivity index (χ4v) is 4.35. The minimum Gasteiger partial charge on any atom is -0.359 e. The summed E-state index contributed by atoms with van der Waals surface area (Å²) in [5, 5.41) is 0. The SMILES string of the molecule is CPOC1CC2CC1C1C=CCC21. The van der Waals surface area contributed by atoms with Crippen molar-refractivity contribution in [3.8, 4) is 0 Å². The molecule has 0 N–H and O–H groups in total. The lowest BCUT2D eigenvalue weighted by molar-refractivity contribution is 0.112. The maximum absolute atomic E-state index is 5.84. The summed E-state index contributed by atoms with van der Waals surface area (Å²) in [6.07, 6.45) is 9.63. The molecule has 3 aliphatic carbocycles. The Hall–Kier alpha value is 0.130. The van der Waals surface area contributed by atoms with Crippen molar-refractivity contribution in [1.82, 2.24) is 0 Å². The van der Waals surface area contributed by atoms with Crippen molar-refractivity contribution in [3.63, 3.8) is 0 Å². The summed E-state index contributed by atoms with van der Waals surface area (Å²) in [6.45, 7) is 2.15. The molecule has 6 unspecified atom stereocenters. The van der Waals surface area contributed by atoms with Crippen LogP contribution >= 0.6 is 8.81 Å². The third-order valence-corrected chi connectivity index (χ3v) is 4.76. The topological polar surface area (TPSA) is 9.23 Å². The van der Waals surface area contributed by atoms with Gasteiger partial charge in [-0.15, -0.1) is 0 Å². The predicted octanol–water partition coefficient (Wildman–Crippen LogP) is 2.83. The lowest BCUT2D eigenvalue weighted by atomic mass is 9.80. The molecule has 2 bridgehead atoms. The van der Waals surface area contributed by atoms with Crippen molar-refractivity contribution in [2.75, 3.05) is 6.66 Å². The molecule has 3 rings (SSSR count). The first-order valence-corrected chi connectivity index (χ1v) is 6.80. The predicted molar refractivity (Wildman–Crippen MR) is 56.1 cm³/mol. The van der Waals surface area contributed by atoms with E-state index in [0.717, 1.165) is 23.7 Å². The Bertz CT molecular complexity index is 238. The fourth-order valence-electron chi connectivity index (χ4n) is 3.77. The smallest absolute Gasteiger partial charge is 0.0650 e.